The van der Waals surface area contributed by atoms with Gasteiger partial charge in [0.05, 0.1) is 29.9 Å². The highest BCUT2D eigenvalue weighted by Gasteiger charge is 2.33. The van der Waals surface area contributed by atoms with Crippen LogP contribution in [0.3, 0.4) is 0 Å². The van der Waals surface area contributed by atoms with Crippen LogP contribution in [-0.4, -0.2) is 52.1 Å². The van der Waals surface area contributed by atoms with Gasteiger partial charge in [0.1, 0.15) is 19.0 Å². The molecule has 0 atom stereocenters. The number of amides is 3. The van der Waals surface area contributed by atoms with Crippen LogP contribution in [0.2, 0.25) is 5.02 Å². The third-order valence-electron chi connectivity index (χ3n) is 4.61. The van der Waals surface area contributed by atoms with Gasteiger partial charge in [-0.25, -0.2) is 13.6 Å². The molecule has 0 bridgehead atoms. The molecule has 0 radical (unpaired) electrons. The van der Waals surface area contributed by atoms with Gasteiger partial charge in [0, 0.05) is 17.1 Å². The van der Waals surface area contributed by atoms with Crippen LogP contribution >= 0.6 is 11.6 Å². The molecule has 150 valence electrons. The van der Waals surface area contributed by atoms with Crippen LogP contribution in [0.25, 0.3) is 11.3 Å². The Labute approximate surface area is 165 Å². The second-order valence-electron chi connectivity index (χ2n) is 6.95. The highest BCUT2D eigenvalue weighted by molar-refractivity contribution is 6.30. The number of hydrogen-bond acceptors (Lipinski definition) is 3. The smallest absolute Gasteiger partial charge is 0.318 e. The molecule has 7 nitrogen and oxygen atoms in total. The fourth-order valence-electron chi connectivity index (χ4n) is 3.03. The van der Waals surface area contributed by atoms with Gasteiger partial charge in [-0.1, -0.05) is 23.7 Å². The number of carbonyl (C=O) groups excluding carboxylic acids is 2. The topological polar surface area (TPSA) is 93.2 Å². The molecule has 1 aliphatic rings. The second kappa shape index (κ2) is 7.75. The van der Waals surface area contributed by atoms with Crippen molar-refractivity contribution in [2.45, 2.75) is 25.6 Å². The Morgan fingerprint density at radius 1 is 1.32 bits per heavy atom. The maximum Gasteiger partial charge on any atom is 0.318 e. The predicted molar refractivity (Wildman–Crippen MR) is 100 cm³/mol. The van der Waals surface area contributed by atoms with Crippen molar-refractivity contribution in [3.05, 3.63) is 40.5 Å². The molecule has 1 aromatic carbocycles. The highest BCUT2D eigenvalue weighted by Crippen LogP contribution is 2.29. The molecular weight excluding hydrogens is 392 g/mol. The molecule has 2 aromatic rings. The van der Waals surface area contributed by atoms with E-state index in [0.717, 1.165) is 0 Å². The van der Waals surface area contributed by atoms with Crippen molar-refractivity contribution in [1.29, 1.82) is 0 Å². The minimum Gasteiger partial charge on any atom is -0.365 e. The Hall–Kier alpha value is -2.68. The molecule has 0 saturated carbocycles. The summed E-state index contributed by atoms with van der Waals surface area (Å²) in [5, 5.41) is 7.31. The SMILES string of the molecule is CC(CF)(CF)NC(=O)N1CCn2nc(-c3cccc(Cl)c3)c(C(N)=O)c2C1. The van der Waals surface area contributed by atoms with Crippen molar-refractivity contribution in [3.63, 3.8) is 0 Å². The van der Waals surface area contributed by atoms with Crippen LogP contribution in [0.5, 0.6) is 0 Å². The van der Waals surface area contributed by atoms with Crippen LogP contribution in [0.4, 0.5) is 13.6 Å². The Kier molecular flexibility index (Phi) is 5.55. The van der Waals surface area contributed by atoms with Gasteiger partial charge in [0.15, 0.2) is 0 Å². The van der Waals surface area contributed by atoms with Gasteiger partial charge in [-0.3, -0.25) is 9.48 Å². The van der Waals surface area contributed by atoms with Gasteiger partial charge < -0.3 is 16.0 Å². The molecule has 0 spiro atoms. The van der Waals surface area contributed by atoms with E-state index in [1.807, 2.05) is 0 Å². The molecule has 10 heteroatoms. The first-order chi connectivity index (χ1) is 13.3. The lowest BCUT2D eigenvalue weighted by Crippen LogP contribution is -2.55. The number of nitrogens with two attached hydrogens (primary N) is 1. The minimum absolute atomic E-state index is 0.0341. The van der Waals surface area contributed by atoms with Gasteiger partial charge in [-0.15, -0.1) is 0 Å². The number of alkyl halides is 2. The van der Waals surface area contributed by atoms with E-state index in [1.165, 1.54) is 11.8 Å². The van der Waals surface area contributed by atoms with Crippen LogP contribution in [0.1, 0.15) is 23.0 Å². The first-order valence-electron chi connectivity index (χ1n) is 8.62. The fraction of sp³-hybridized carbons (Fsp3) is 0.389. The van der Waals surface area contributed by atoms with Crippen molar-refractivity contribution < 1.29 is 18.4 Å². The molecule has 1 aliphatic heterocycles. The maximum absolute atomic E-state index is 13.0. The van der Waals surface area contributed by atoms with Gasteiger partial charge in [0.25, 0.3) is 5.91 Å². The molecule has 3 amide bonds. The van der Waals surface area contributed by atoms with E-state index in [4.69, 9.17) is 17.3 Å². The number of benzene rings is 1. The van der Waals surface area contributed by atoms with Crippen LogP contribution in [0.15, 0.2) is 24.3 Å². The lowest BCUT2D eigenvalue weighted by atomic mass is 10.0. The number of urea groups is 1. The molecule has 28 heavy (non-hydrogen) atoms. The number of halogens is 3. The van der Waals surface area contributed by atoms with E-state index in [2.05, 4.69) is 10.4 Å². The molecule has 0 fully saturated rings. The summed E-state index contributed by atoms with van der Waals surface area (Å²) in [5.41, 5.74) is 5.65. The third kappa shape index (κ3) is 3.80. The number of fused-ring (bicyclic) bond motifs is 1. The molecule has 0 saturated heterocycles. The zero-order valence-electron chi connectivity index (χ0n) is 15.2. The zero-order valence-corrected chi connectivity index (χ0v) is 16.0. The summed E-state index contributed by atoms with van der Waals surface area (Å²) in [6.07, 6.45) is 0. The number of rotatable bonds is 5. The number of nitrogens with zero attached hydrogens (tertiary/aromatic N) is 3. The average Bonchev–Trinajstić information content (AvgIpc) is 3.06. The summed E-state index contributed by atoms with van der Waals surface area (Å²) in [6.45, 7) is -0.176. The van der Waals surface area contributed by atoms with Gasteiger partial charge in [-0.2, -0.15) is 5.10 Å². The summed E-state index contributed by atoms with van der Waals surface area (Å²) >= 11 is 6.03. The van der Waals surface area contributed by atoms with E-state index >= 15 is 0 Å². The van der Waals surface area contributed by atoms with Crippen molar-refractivity contribution >= 4 is 23.5 Å². The molecule has 0 aliphatic carbocycles. The first-order valence-corrected chi connectivity index (χ1v) is 9.00. The summed E-state index contributed by atoms with van der Waals surface area (Å²) in [7, 11) is 0. The average molecular weight is 412 g/mol. The van der Waals surface area contributed by atoms with Crippen molar-refractivity contribution in [2.24, 2.45) is 5.73 Å². The fourth-order valence-corrected chi connectivity index (χ4v) is 3.22. The largest absolute Gasteiger partial charge is 0.365 e. The van der Waals surface area contributed by atoms with E-state index in [1.54, 1.807) is 28.9 Å². The molecule has 1 aromatic heterocycles. The van der Waals surface area contributed by atoms with Crippen LogP contribution in [-0.2, 0) is 13.1 Å². The van der Waals surface area contributed by atoms with Gasteiger partial charge in [0.2, 0.25) is 0 Å². The molecular formula is C18H20ClF2N5O2. The lowest BCUT2D eigenvalue weighted by molar-refractivity contribution is 0.0996. The standard InChI is InChI=1S/C18H20ClF2N5O2/c1-18(9-20,10-21)23-17(28)25-5-6-26-13(8-25)14(16(22)27)15(24-26)11-3-2-4-12(19)7-11/h2-4,7H,5-6,8-10H2,1H3,(H2,22,27)(H,23,28). The number of carbonyl (C=O) groups is 2. The second-order valence-corrected chi connectivity index (χ2v) is 7.38. The quantitative estimate of drug-likeness (QED) is 0.791. The third-order valence-corrected chi connectivity index (χ3v) is 4.85. The molecule has 0 unspecified atom stereocenters. The summed E-state index contributed by atoms with van der Waals surface area (Å²) in [4.78, 5) is 26.0. The Bertz CT molecular complexity index is 913. The van der Waals surface area contributed by atoms with E-state index in [0.29, 0.717) is 28.5 Å². The normalized spacial score (nSPS) is 13.9. The number of hydrogen-bond donors (Lipinski definition) is 2. The molecule has 3 rings (SSSR count). The molecule has 3 N–H and O–H groups in total. The maximum atomic E-state index is 13.0. The van der Waals surface area contributed by atoms with E-state index in [9.17, 15) is 18.4 Å². The van der Waals surface area contributed by atoms with Crippen LogP contribution in [0, 0.1) is 0 Å². The van der Waals surface area contributed by atoms with Gasteiger partial charge in [-0.05, 0) is 19.1 Å². The summed E-state index contributed by atoms with van der Waals surface area (Å²) in [6, 6.07) is 6.23. The number of nitrogens with one attached hydrogen (secondary N) is 1. The Balaban J connectivity index is 1.93. The highest BCUT2D eigenvalue weighted by atomic mass is 35.5. The lowest BCUT2D eigenvalue weighted by Gasteiger charge is -2.32. The predicted octanol–water partition coefficient (Wildman–Crippen LogP) is 2.53. The number of primary amides is 1. The summed E-state index contributed by atoms with van der Waals surface area (Å²) < 4.78 is 27.7. The van der Waals surface area contributed by atoms with Crippen molar-refractivity contribution in [2.75, 3.05) is 19.9 Å². The van der Waals surface area contributed by atoms with Crippen molar-refractivity contribution in [3.8, 4) is 11.3 Å². The van der Waals surface area contributed by atoms with E-state index < -0.39 is 30.8 Å². The summed E-state index contributed by atoms with van der Waals surface area (Å²) in [5.74, 6) is -0.684. The minimum atomic E-state index is -1.59. The van der Waals surface area contributed by atoms with Crippen LogP contribution < -0.4 is 11.1 Å². The Morgan fingerprint density at radius 2 is 2.04 bits per heavy atom. The number of aromatic nitrogens is 2. The van der Waals surface area contributed by atoms with E-state index in [-0.39, 0.29) is 18.7 Å². The zero-order chi connectivity index (χ0) is 20.5. The first kappa shape index (κ1) is 20.1. The monoisotopic (exact) mass is 411 g/mol. The van der Waals surface area contributed by atoms with Gasteiger partial charge >= 0.3 is 6.03 Å². The van der Waals surface area contributed by atoms with Crippen molar-refractivity contribution in [1.82, 2.24) is 20.0 Å². The molecule has 2 heterocycles. The Morgan fingerprint density at radius 3 is 2.64 bits per heavy atom.